The summed E-state index contributed by atoms with van der Waals surface area (Å²) in [6.45, 7) is 2.59. The fourth-order valence-corrected chi connectivity index (χ4v) is 1.93. The number of fused-ring (bicyclic) bond motifs is 1. The van der Waals surface area contributed by atoms with E-state index in [2.05, 4.69) is 15.4 Å². The van der Waals surface area contributed by atoms with Crippen LogP contribution in [0.4, 0.5) is 0 Å². The number of ether oxygens (including phenoxy) is 1. The molecule has 7 nitrogen and oxygen atoms in total. The summed E-state index contributed by atoms with van der Waals surface area (Å²) in [6, 6.07) is 1.61. The Kier molecular flexibility index (Phi) is 3.66. The van der Waals surface area contributed by atoms with Crippen LogP contribution >= 0.6 is 0 Å². The van der Waals surface area contributed by atoms with Crippen LogP contribution in [-0.2, 0) is 11.8 Å². The van der Waals surface area contributed by atoms with E-state index in [4.69, 9.17) is 4.74 Å². The molecule has 7 heteroatoms. The topological polar surface area (TPSA) is 89.0 Å². The van der Waals surface area contributed by atoms with Gasteiger partial charge in [-0.25, -0.2) is 4.98 Å². The maximum absolute atomic E-state index is 12.1. The number of hydrogen-bond donors (Lipinski definition) is 2. The second kappa shape index (κ2) is 5.23. The van der Waals surface area contributed by atoms with Gasteiger partial charge < -0.3 is 10.1 Å². The van der Waals surface area contributed by atoms with Crippen molar-refractivity contribution < 1.29 is 9.53 Å². The maximum atomic E-state index is 12.1. The van der Waals surface area contributed by atoms with Crippen LogP contribution in [0.2, 0.25) is 0 Å². The lowest BCUT2D eigenvalue weighted by molar-refractivity contribution is 0.0938. The van der Waals surface area contributed by atoms with Crippen molar-refractivity contribution in [2.24, 2.45) is 7.05 Å². The molecule has 0 fully saturated rings. The molecular weight excluding hydrogens is 248 g/mol. The first-order valence-corrected chi connectivity index (χ1v) is 5.88. The highest BCUT2D eigenvalue weighted by Gasteiger charge is 2.17. The molecule has 2 aromatic rings. The number of carbonyl (C=O) groups excluding carboxylic acids is 1. The molecule has 2 aromatic heterocycles. The number of H-pyrrole nitrogens is 1. The second-order valence-corrected chi connectivity index (χ2v) is 4.26. The first-order chi connectivity index (χ1) is 9.04. The summed E-state index contributed by atoms with van der Waals surface area (Å²) in [4.78, 5) is 28.2. The van der Waals surface area contributed by atoms with Crippen LogP contribution in [-0.4, -0.2) is 40.9 Å². The van der Waals surface area contributed by atoms with Crippen LogP contribution in [0, 0.1) is 6.92 Å². The Hall–Kier alpha value is -2.15. The van der Waals surface area contributed by atoms with Gasteiger partial charge in [0.25, 0.3) is 11.5 Å². The van der Waals surface area contributed by atoms with Crippen molar-refractivity contribution in [2.45, 2.75) is 6.92 Å². The van der Waals surface area contributed by atoms with Crippen molar-refractivity contribution in [3.05, 3.63) is 27.7 Å². The standard InChI is InChI=1S/C12H16N4O3/c1-7-6-8(11(17)13-4-5-19-3)9-10(14-7)16(2)15-12(9)18/h6H,4-5H2,1-3H3,(H,13,17)(H,15,18). The van der Waals surface area contributed by atoms with Gasteiger partial charge in [-0.3, -0.25) is 19.4 Å². The van der Waals surface area contributed by atoms with Crippen molar-refractivity contribution >= 4 is 16.9 Å². The number of amides is 1. The predicted octanol–water partition coefficient (Wildman–Crippen LogP) is -0.0538. The summed E-state index contributed by atoms with van der Waals surface area (Å²) < 4.78 is 6.38. The molecule has 1 amide bonds. The normalized spacial score (nSPS) is 10.9. The van der Waals surface area contributed by atoms with Gasteiger partial charge in [-0.15, -0.1) is 0 Å². The summed E-state index contributed by atoms with van der Waals surface area (Å²) in [5, 5.41) is 5.61. The molecule has 0 spiro atoms. The quantitative estimate of drug-likeness (QED) is 0.757. The zero-order chi connectivity index (χ0) is 14.0. The Balaban J connectivity index is 2.47. The van der Waals surface area contributed by atoms with Gasteiger partial charge >= 0.3 is 0 Å². The number of nitrogens with zero attached hydrogens (tertiary/aromatic N) is 2. The van der Waals surface area contributed by atoms with Crippen molar-refractivity contribution in [3.8, 4) is 0 Å². The molecule has 0 aliphatic carbocycles. The van der Waals surface area contributed by atoms with E-state index in [9.17, 15) is 9.59 Å². The third kappa shape index (κ3) is 2.50. The van der Waals surface area contributed by atoms with Crippen molar-refractivity contribution in [1.29, 1.82) is 0 Å². The monoisotopic (exact) mass is 264 g/mol. The number of carbonyl (C=O) groups is 1. The predicted molar refractivity (Wildman–Crippen MR) is 70.3 cm³/mol. The molecule has 0 bridgehead atoms. The van der Waals surface area contributed by atoms with Gasteiger partial charge in [-0.1, -0.05) is 0 Å². The van der Waals surface area contributed by atoms with Crippen molar-refractivity contribution in [3.63, 3.8) is 0 Å². The largest absolute Gasteiger partial charge is 0.383 e. The Morgan fingerprint density at radius 3 is 3.00 bits per heavy atom. The van der Waals surface area contributed by atoms with Crippen LogP contribution in [0.1, 0.15) is 16.1 Å². The van der Waals surface area contributed by atoms with Crippen LogP contribution < -0.4 is 10.9 Å². The molecule has 0 saturated carbocycles. The van der Waals surface area contributed by atoms with E-state index in [0.29, 0.717) is 35.4 Å². The molecule has 0 radical (unpaired) electrons. The number of hydrogen-bond acceptors (Lipinski definition) is 4. The van der Waals surface area contributed by atoms with Gasteiger partial charge in [0.05, 0.1) is 17.6 Å². The molecule has 102 valence electrons. The molecule has 2 heterocycles. The average Bonchev–Trinajstić information content (AvgIpc) is 2.64. The Morgan fingerprint density at radius 2 is 2.32 bits per heavy atom. The Morgan fingerprint density at radius 1 is 1.58 bits per heavy atom. The Labute approximate surface area is 109 Å². The zero-order valence-corrected chi connectivity index (χ0v) is 11.1. The van der Waals surface area contributed by atoms with E-state index in [1.807, 2.05) is 0 Å². The lowest BCUT2D eigenvalue weighted by Gasteiger charge is -2.06. The molecule has 0 atom stereocenters. The highest BCUT2D eigenvalue weighted by Crippen LogP contribution is 2.14. The average molecular weight is 264 g/mol. The Bertz CT molecular complexity index is 671. The van der Waals surface area contributed by atoms with Crippen LogP contribution in [0.3, 0.4) is 0 Å². The molecule has 0 aliphatic heterocycles. The molecule has 19 heavy (non-hydrogen) atoms. The first kappa shape index (κ1) is 13.3. The van der Waals surface area contributed by atoms with Gasteiger partial charge in [0.15, 0.2) is 5.65 Å². The van der Waals surface area contributed by atoms with Crippen LogP contribution in [0.5, 0.6) is 0 Å². The van der Waals surface area contributed by atoms with Crippen LogP contribution in [0.25, 0.3) is 11.0 Å². The van der Waals surface area contributed by atoms with Crippen molar-refractivity contribution in [2.75, 3.05) is 20.3 Å². The summed E-state index contributed by atoms with van der Waals surface area (Å²) in [5.74, 6) is -0.302. The summed E-state index contributed by atoms with van der Waals surface area (Å²) in [5.41, 5.74) is 1.17. The number of aromatic amines is 1. The van der Waals surface area contributed by atoms with E-state index in [0.717, 1.165) is 0 Å². The number of pyridine rings is 1. The first-order valence-electron chi connectivity index (χ1n) is 5.88. The number of aromatic nitrogens is 3. The third-order valence-corrected chi connectivity index (χ3v) is 2.78. The number of aryl methyl sites for hydroxylation is 2. The fraction of sp³-hybridized carbons (Fsp3) is 0.417. The van der Waals surface area contributed by atoms with Gasteiger partial charge in [0.2, 0.25) is 0 Å². The minimum atomic E-state index is -0.318. The van der Waals surface area contributed by atoms with Crippen LogP contribution in [0.15, 0.2) is 10.9 Å². The van der Waals surface area contributed by atoms with E-state index >= 15 is 0 Å². The molecule has 0 aliphatic rings. The maximum Gasteiger partial charge on any atom is 0.274 e. The third-order valence-electron chi connectivity index (χ3n) is 2.78. The molecule has 0 saturated heterocycles. The van der Waals surface area contributed by atoms with E-state index in [-0.39, 0.29) is 11.5 Å². The van der Waals surface area contributed by atoms with Gasteiger partial charge in [-0.2, -0.15) is 0 Å². The fourth-order valence-electron chi connectivity index (χ4n) is 1.93. The molecule has 2 N–H and O–H groups in total. The minimum Gasteiger partial charge on any atom is -0.383 e. The smallest absolute Gasteiger partial charge is 0.274 e. The highest BCUT2D eigenvalue weighted by molar-refractivity contribution is 6.05. The lowest BCUT2D eigenvalue weighted by atomic mass is 10.1. The highest BCUT2D eigenvalue weighted by atomic mass is 16.5. The van der Waals surface area contributed by atoms with E-state index in [1.165, 1.54) is 4.68 Å². The molecule has 0 aromatic carbocycles. The van der Waals surface area contributed by atoms with E-state index < -0.39 is 0 Å². The molecule has 2 rings (SSSR count). The lowest BCUT2D eigenvalue weighted by Crippen LogP contribution is -2.28. The van der Waals surface area contributed by atoms with E-state index in [1.54, 1.807) is 27.1 Å². The van der Waals surface area contributed by atoms with Gasteiger partial charge in [0, 0.05) is 26.4 Å². The summed E-state index contributed by atoms with van der Waals surface area (Å²) >= 11 is 0. The summed E-state index contributed by atoms with van der Waals surface area (Å²) in [6.07, 6.45) is 0. The molecular formula is C12H16N4O3. The summed E-state index contributed by atoms with van der Waals surface area (Å²) in [7, 11) is 3.24. The SMILES string of the molecule is COCCNC(=O)c1cc(C)nc2c1c(=O)[nH]n2C. The second-order valence-electron chi connectivity index (χ2n) is 4.26. The zero-order valence-electron chi connectivity index (χ0n) is 11.1. The number of rotatable bonds is 4. The molecule has 0 unspecified atom stereocenters. The number of nitrogens with one attached hydrogen (secondary N) is 2. The van der Waals surface area contributed by atoms with Gasteiger partial charge in [0.1, 0.15) is 0 Å². The number of methoxy groups -OCH3 is 1. The van der Waals surface area contributed by atoms with Gasteiger partial charge in [-0.05, 0) is 13.0 Å². The van der Waals surface area contributed by atoms with Crippen molar-refractivity contribution in [1.82, 2.24) is 20.1 Å². The minimum absolute atomic E-state index is 0.302.